The van der Waals surface area contributed by atoms with Crippen molar-refractivity contribution in [2.45, 2.75) is 62.2 Å². The molecule has 2 saturated heterocycles. The van der Waals surface area contributed by atoms with Crippen LogP contribution in [0.15, 0.2) is 10.3 Å². The zero-order valence-electron chi connectivity index (χ0n) is 17.7. The summed E-state index contributed by atoms with van der Waals surface area (Å²) >= 11 is 1.68. The molecule has 0 radical (unpaired) electrons. The SMILES string of the molecule is CNC(=O)[C@@H]1C[C@@H](O)CN1C(=O)[C@@H](N1CC(C2CNC(OC)S2)N=N1)C(C)(C)C. The Morgan fingerprint density at radius 3 is 2.66 bits per heavy atom. The van der Waals surface area contributed by atoms with Gasteiger partial charge in [0.2, 0.25) is 11.8 Å². The second-order valence-electron chi connectivity index (χ2n) is 8.82. The van der Waals surface area contributed by atoms with E-state index < -0.39 is 23.6 Å². The number of aliphatic hydroxyl groups is 1. The summed E-state index contributed by atoms with van der Waals surface area (Å²) in [6.07, 6.45) is -0.461. The van der Waals surface area contributed by atoms with Crippen LogP contribution in [0.5, 0.6) is 0 Å². The first-order valence-electron chi connectivity index (χ1n) is 9.95. The molecule has 0 aromatic carbocycles. The summed E-state index contributed by atoms with van der Waals surface area (Å²) in [6, 6.07) is -1.28. The number of likely N-dealkylation sites (tertiary alicyclic amines) is 1. The fraction of sp³-hybridized carbons (Fsp3) is 0.889. The van der Waals surface area contributed by atoms with E-state index in [1.165, 1.54) is 11.9 Å². The van der Waals surface area contributed by atoms with Gasteiger partial charge in [-0.1, -0.05) is 26.0 Å². The summed E-state index contributed by atoms with van der Waals surface area (Å²) in [5.41, 5.74) is -0.481. The fourth-order valence-corrected chi connectivity index (χ4v) is 5.29. The number of hydrogen-bond donors (Lipinski definition) is 3. The van der Waals surface area contributed by atoms with Crippen LogP contribution in [0.25, 0.3) is 0 Å². The van der Waals surface area contributed by atoms with E-state index in [0.29, 0.717) is 6.54 Å². The minimum Gasteiger partial charge on any atom is -0.391 e. The van der Waals surface area contributed by atoms with E-state index in [4.69, 9.17) is 4.74 Å². The van der Waals surface area contributed by atoms with Crippen molar-refractivity contribution in [1.82, 2.24) is 20.5 Å². The lowest BCUT2D eigenvalue weighted by atomic mass is 9.85. The maximum Gasteiger partial charge on any atom is 0.248 e. The molecule has 0 aromatic rings. The average molecular weight is 429 g/mol. The van der Waals surface area contributed by atoms with Gasteiger partial charge in [0.1, 0.15) is 18.1 Å². The lowest BCUT2D eigenvalue weighted by Gasteiger charge is -2.38. The fourth-order valence-electron chi connectivity index (χ4n) is 4.15. The van der Waals surface area contributed by atoms with Crippen molar-refractivity contribution in [3.63, 3.8) is 0 Å². The van der Waals surface area contributed by atoms with Gasteiger partial charge < -0.3 is 20.1 Å². The number of ether oxygens (including phenoxy) is 1. The first kappa shape index (κ1) is 22.3. The molecule has 29 heavy (non-hydrogen) atoms. The van der Waals surface area contributed by atoms with Crippen LogP contribution in [0.4, 0.5) is 0 Å². The number of carbonyl (C=O) groups is 2. The standard InChI is InChI=1S/C18H32N6O4S/c1-18(2,3)14(16(27)23-8-10(25)6-12(23)15(26)19-4)24-9-11(21-22-24)13-7-20-17(28-5)29-13/h10-14,17,20,25H,6-9H2,1-5H3,(H,19,26)/t10-,11?,12+,13?,14-,17?/m1/s1. The van der Waals surface area contributed by atoms with Gasteiger partial charge in [-0.2, -0.15) is 5.11 Å². The molecule has 3 aliphatic heterocycles. The minimum absolute atomic E-state index is 0.0378. The van der Waals surface area contributed by atoms with Crippen molar-refractivity contribution in [2.75, 3.05) is 33.8 Å². The molecule has 11 heteroatoms. The molecule has 6 atom stereocenters. The van der Waals surface area contributed by atoms with Crippen LogP contribution < -0.4 is 10.6 Å². The number of rotatable bonds is 5. The molecular formula is C18H32N6O4S. The highest BCUT2D eigenvalue weighted by atomic mass is 32.2. The lowest BCUT2D eigenvalue weighted by Crippen LogP contribution is -2.56. The zero-order chi connectivity index (χ0) is 21.3. The number of likely N-dealkylation sites (N-methyl/N-ethyl adjacent to an activating group) is 1. The number of hydrogen-bond acceptors (Lipinski definition) is 9. The van der Waals surface area contributed by atoms with E-state index in [1.807, 2.05) is 20.8 Å². The highest BCUT2D eigenvalue weighted by molar-refractivity contribution is 8.00. The maximum absolute atomic E-state index is 13.5. The molecule has 0 spiro atoms. The molecule has 3 aliphatic rings. The number of nitrogens with one attached hydrogen (secondary N) is 2. The van der Waals surface area contributed by atoms with Gasteiger partial charge in [-0.3, -0.25) is 19.9 Å². The summed E-state index contributed by atoms with van der Waals surface area (Å²) in [4.78, 5) is 27.3. The summed E-state index contributed by atoms with van der Waals surface area (Å²) in [5, 5.41) is 26.7. The van der Waals surface area contributed by atoms with Gasteiger partial charge in [0.25, 0.3) is 0 Å². The van der Waals surface area contributed by atoms with Gasteiger partial charge in [0.15, 0.2) is 5.56 Å². The Hall–Kier alpha value is -1.43. The van der Waals surface area contributed by atoms with Crippen LogP contribution in [-0.2, 0) is 14.3 Å². The van der Waals surface area contributed by atoms with Crippen molar-refractivity contribution in [3.05, 3.63) is 0 Å². The van der Waals surface area contributed by atoms with Crippen molar-refractivity contribution >= 4 is 23.6 Å². The second-order valence-corrected chi connectivity index (χ2v) is 10.1. The minimum atomic E-state index is -0.707. The first-order valence-corrected chi connectivity index (χ1v) is 10.9. The number of aliphatic hydroxyl groups excluding tert-OH is 1. The summed E-state index contributed by atoms with van der Waals surface area (Å²) < 4.78 is 5.33. The smallest absolute Gasteiger partial charge is 0.248 e. The molecule has 2 amide bonds. The highest BCUT2D eigenvalue weighted by Crippen LogP contribution is 2.35. The average Bonchev–Trinajstić information content (AvgIpc) is 3.38. The van der Waals surface area contributed by atoms with Gasteiger partial charge in [0, 0.05) is 38.9 Å². The monoisotopic (exact) mass is 428 g/mol. The quantitative estimate of drug-likeness (QED) is 0.555. The molecule has 0 bridgehead atoms. The van der Waals surface area contributed by atoms with E-state index in [0.717, 1.165) is 6.54 Å². The molecule has 0 saturated carbocycles. The molecule has 10 nitrogen and oxygen atoms in total. The largest absolute Gasteiger partial charge is 0.391 e. The van der Waals surface area contributed by atoms with Gasteiger partial charge >= 0.3 is 0 Å². The predicted octanol–water partition coefficient (Wildman–Crippen LogP) is -0.205. The molecule has 0 aliphatic carbocycles. The van der Waals surface area contributed by atoms with Crippen molar-refractivity contribution in [2.24, 2.45) is 15.8 Å². The summed E-state index contributed by atoms with van der Waals surface area (Å²) in [6.45, 7) is 7.39. The van der Waals surface area contributed by atoms with Crippen molar-refractivity contribution in [3.8, 4) is 0 Å². The topological polar surface area (TPSA) is 119 Å². The second kappa shape index (κ2) is 8.75. The first-order chi connectivity index (χ1) is 13.7. The summed E-state index contributed by atoms with van der Waals surface area (Å²) in [5.74, 6) is -0.461. The maximum atomic E-state index is 13.5. The third-order valence-electron chi connectivity index (χ3n) is 5.58. The number of thioether (sulfide) groups is 1. The Bertz CT molecular complexity index is 657. The van der Waals surface area contributed by atoms with Gasteiger partial charge in [-0.25, -0.2) is 0 Å². The highest BCUT2D eigenvalue weighted by Gasteiger charge is 2.48. The van der Waals surface area contributed by atoms with Crippen LogP contribution >= 0.6 is 11.8 Å². The van der Waals surface area contributed by atoms with Gasteiger partial charge in [0.05, 0.1) is 12.6 Å². The predicted molar refractivity (Wildman–Crippen MR) is 109 cm³/mol. The Kier molecular flexibility index (Phi) is 6.71. The lowest BCUT2D eigenvalue weighted by molar-refractivity contribution is -0.146. The van der Waals surface area contributed by atoms with E-state index in [9.17, 15) is 14.7 Å². The van der Waals surface area contributed by atoms with E-state index in [1.54, 1.807) is 23.9 Å². The van der Waals surface area contributed by atoms with Gasteiger partial charge in [-0.05, 0) is 5.41 Å². The van der Waals surface area contributed by atoms with E-state index in [2.05, 4.69) is 21.0 Å². The molecule has 3 unspecified atom stereocenters. The van der Waals surface area contributed by atoms with Crippen molar-refractivity contribution < 1.29 is 19.4 Å². The van der Waals surface area contributed by atoms with E-state index >= 15 is 0 Å². The molecule has 2 fully saturated rings. The Labute approximate surface area is 175 Å². The van der Waals surface area contributed by atoms with Crippen LogP contribution in [0.3, 0.4) is 0 Å². The number of methoxy groups -OCH3 is 1. The number of amides is 2. The number of β-amino-alcohol motifs (C(OH)–C–C–N with tert-alkyl or cyclic N) is 1. The molecular weight excluding hydrogens is 396 g/mol. The normalized spacial score (nSPS) is 33.4. The Balaban J connectivity index is 1.75. The molecule has 3 rings (SSSR count). The number of carbonyl (C=O) groups excluding carboxylic acids is 2. The third-order valence-corrected chi connectivity index (χ3v) is 7.02. The Morgan fingerprint density at radius 1 is 1.34 bits per heavy atom. The molecule has 0 aromatic heterocycles. The zero-order valence-corrected chi connectivity index (χ0v) is 18.5. The van der Waals surface area contributed by atoms with Crippen molar-refractivity contribution in [1.29, 1.82) is 0 Å². The van der Waals surface area contributed by atoms with Crippen LogP contribution in [0, 0.1) is 5.41 Å². The van der Waals surface area contributed by atoms with Gasteiger partial charge in [-0.15, -0.1) is 11.8 Å². The van der Waals surface area contributed by atoms with Crippen LogP contribution in [0.2, 0.25) is 0 Å². The molecule has 3 N–H and O–H groups in total. The van der Waals surface area contributed by atoms with Crippen LogP contribution in [-0.4, -0.2) is 95.7 Å². The summed E-state index contributed by atoms with van der Waals surface area (Å²) in [7, 11) is 3.20. The third kappa shape index (κ3) is 4.68. The van der Waals surface area contributed by atoms with E-state index in [-0.39, 0.29) is 41.6 Å². The molecule has 3 heterocycles. The van der Waals surface area contributed by atoms with Crippen LogP contribution in [0.1, 0.15) is 27.2 Å². The molecule has 164 valence electrons. The Morgan fingerprint density at radius 2 is 2.07 bits per heavy atom. The number of nitrogens with zero attached hydrogens (tertiary/aromatic N) is 4.